The van der Waals surface area contributed by atoms with Gasteiger partial charge in [0.15, 0.2) is 0 Å². The summed E-state index contributed by atoms with van der Waals surface area (Å²) in [6, 6.07) is 3.93. The van der Waals surface area contributed by atoms with E-state index < -0.39 is 17.8 Å². The minimum Gasteiger partial charge on any atom is -0.468 e. The van der Waals surface area contributed by atoms with E-state index in [2.05, 4.69) is 5.32 Å². The van der Waals surface area contributed by atoms with Gasteiger partial charge in [0, 0.05) is 31.7 Å². The first-order valence-corrected chi connectivity index (χ1v) is 6.49. The molecule has 2 rings (SSSR count). The summed E-state index contributed by atoms with van der Waals surface area (Å²) < 4.78 is 18.9. The van der Waals surface area contributed by atoms with Crippen LogP contribution in [0.25, 0.3) is 0 Å². The fourth-order valence-corrected chi connectivity index (χ4v) is 2.44. The van der Waals surface area contributed by atoms with Crippen LogP contribution in [0.1, 0.15) is 11.6 Å². The molecular weight excluding hydrogens is 271 g/mol. The molecule has 1 unspecified atom stereocenters. The molecule has 6 heteroatoms. The van der Waals surface area contributed by atoms with Gasteiger partial charge in [-0.2, -0.15) is 0 Å². The maximum absolute atomic E-state index is 14.1. The molecule has 19 heavy (non-hydrogen) atoms. The summed E-state index contributed by atoms with van der Waals surface area (Å²) in [5, 5.41) is 3.21. The summed E-state index contributed by atoms with van der Waals surface area (Å²) >= 11 is 5.79. The maximum atomic E-state index is 14.1. The summed E-state index contributed by atoms with van der Waals surface area (Å²) in [5.41, 5.74) is 0.265. The van der Waals surface area contributed by atoms with Crippen molar-refractivity contribution in [3.8, 4) is 0 Å². The molecule has 1 aromatic rings. The van der Waals surface area contributed by atoms with Crippen molar-refractivity contribution in [1.29, 1.82) is 0 Å². The summed E-state index contributed by atoms with van der Waals surface area (Å²) in [4.78, 5) is 13.9. The van der Waals surface area contributed by atoms with E-state index in [9.17, 15) is 9.18 Å². The summed E-state index contributed by atoms with van der Waals surface area (Å²) in [6.45, 7) is 2.84. The zero-order valence-electron chi connectivity index (χ0n) is 10.7. The number of hydrogen-bond donors (Lipinski definition) is 1. The second kappa shape index (κ2) is 6.32. The van der Waals surface area contributed by atoms with Crippen LogP contribution in [0.15, 0.2) is 18.2 Å². The van der Waals surface area contributed by atoms with Crippen molar-refractivity contribution >= 4 is 17.6 Å². The molecule has 1 heterocycles. The minimum absolute atomic E-state index is 0.0153. The number of hydrogen-bond acceptors (Lipinski definition) is 4. The molecule has 1 saturated heterocycles. The van der Waals surface area contributed by atoms with E-state index in [0.717, 1.165) is 13.1 Å². The number of benzene rings is 1. The van der Waals surface area contributed by atoms with Gasteiger partial charge in [-0.25, -0.2) is 9.18 Å². The van der Waals surface area contributed by atoms with Crippen molar-refractivity contribution in [3.63, 3.8) is 0 Å². The highest BCUT2D eigenvalue weighted by molar-refractivity contribution is 6.30. The Labute approximate surface area is 116 Å². The van der Waals surface area contributed by atoms with Crippen molar-refractivity contribution < 1.29 is 13.9 Å². The smallest absolute Gasteiger partial charge is 0.327 e. The molecule has 0 amide bonds. The summed E-state index contributed by atoms with van der Waals surface area (Å²) in [6.07, 6.45) is 0. The van der Waals surface area contributed by atoms with Crippen LogP contribution < -0.4 is 5.32 Å². The third-order valence-corrected chi connectivity index (χ3v) is 3.51. The largest absolute Gasteiger partial charge is 0.468 e. The van der Waals surface area contributed by atoms with Gasteiger partial charge in [0.2, 0.25) is 0 Å². The lowest BCUT2D eigenvalue weighted by atomic mass is 10.0. The second-order valence-electron chi connectivity index (χ2n) is 4.35. The molecule has 0 aromatic heterocycles. The molecule has 4 nitrogen and oxygen atoms in total. The van der Waals surface area contributed by atoms with Crippen LogP contribution in [-0.2, 0) is 9.53 Å². The van der Waals surface area contributed by atoms with Crippen molar-refractivity contribution in [1.82, 2.24) is 10.2 Å². The maximum Gasteiger partial charge on any atom is 0.327 e. The topological polar surface area (TPSA) is 41.6 Å². The summed E-state index contributed by atoms with van der Waals surface area (Å²) in [7, 11) is 1.31. The minimum atomic E-state index is -0.745. The number of piperazine rings is 1. The van der Waals surface area contributed by atoms with E-state index in [-0.39, 0.29) is 10.6 Å². The van der Waals surface area contributed by atoms with Crippen LogP contribution in [0, 0.1) is 5.82 Å². The number of halogens is 2. The van der Waals surface area contributed by atoms with Gasteiger partial charge in [-0.3, -0.25) is 4.90 Å². The molecule has 1 atom stereocenters. The van der Waals surface area contributed by atoms with Gasteiger partial charge in [0.05, 0.1) is 12.1 Å². The molecule has 0 spiro atoms. The Balaban J connectivity index is 2.36. The van der Waals surface area contributed by atoms with Crippen LogP contribution in [0.4, 0.5) is 4.39 Å². The number of carbonyl (C=O) groups excluding carboxylic acids is 1. The molecule has 1 aliphatic rings. The Kier molecular flexibility index (Phi) is 4.74. The van der Waals surface area contributed by atoms with E-state index in [0.29, 0.717) is 13.1 Å². The van der Waals surface area contributed by atoms with Crippen LogP contribution in [-0.4, -0.2) is 44.2 Å². The van der Waals surface area contributed by atoms with Gasteiger partial charge in [-0.15, -0.1) is 0 Å². The molecule has 0 saturated carbocycles. The first kappa shape index (κ1) is 14.2. The molecule has 1 aliphatic heterocycles. The third-order valence-electron chi connectivity index (χ3n) is 3.22. The fraction of sp³-hybridized carbons (Fsp3) is 0.462. The van der Waals surface area contributed by atoms with Crippen molar-refractivity contribution in [2.45, 2.75) is 6.04 Å². The number of esters is 1. The van der Waals surface area contributed by atoms with Crippen LogP contribution >= 0.6 is 11.6 Å². The first-order valence-electron chi connectivity index (χ1n) is 6.11. The first-order chi connectivity index (χ1) is 9.15. The van der Waals surface area contributed by atoms with Crippen LogP contribution in [0.5, 0.6) is 0 Å². The number of ether oxygens (including phenoxy) is 1. The van der Waals surface area contributed by atoms with Crippen LogP contribution in [0.3, 0.4) is 0 Å². The molecular formula is C13H16ClFN2O2. The average Bonchev–Trinajstić information content (AvgIpc) is 2.44. The number of rotatable bonds is 3. The highest BCUT2D eigenvalue weighted by Gasteiger charge is 2.32. The zero-order valence-corrected chi connectivity index (χ0v) is 11.4. The van der Waals surface area contributed by atoms with Gasteiger partial charge < -0.3 is 10.1 Å². The quantitative estimate of drug-likeness (QED) is 0.857. The Hall–Kier alpha value is -1.17. The molecule has 1 fully saturated rings. The third kappa shape index (κ3) is 3.05. The van der Waals surface area contributed by atoms with Crippen molar-refractivity contribution in [3.05, 3.63) is 34.6 Å². The number of carbonyl (C=O) groups is 1. The molecule has 104 valence electrons. The zero-order chi connectivity index (χ0) is 13.8. The Morgan fingerprint density at radius 3 is 2.79 bits per heavy atom. The van der Waals surface area contributed by atoms with Gasteiger partial charge >= 0.3 is 5.97 Å². The summed E-state index contributed by atoms with van der Waals surface area (Å²) in [5.74, 6) is -1.03. The number of methoxy groups -OCH3 is 1. The van der Waals surface area contributed by atoms with Crippen LogP contribution in [0.2, 0.25) is 5.02 Å². The predicted molar refractivity (Wildman–Crippen MR) is 70.6 cm³/mol. The fourth-order valence-electron chi connectivity index (χ4n) is 2.26. The van der Waals surface area contributed by atoms with E-state index in [4.69, 9.17) is 16.3 Å². The number of nitrogens with one attached hydrogen (secondary N) is 1. The Morgan fingerprint density at radius 1 is 1.47 bits per heavy atom. The monoisotopic (exact) mass is 286 g/mol. The number of nitrogens with zero attached hydrogens (tertiary/aromatic N) is 1. The standard InChI is InChI=1S/C13H16ClFN2O2/c1-19-13(18)12(17-7-5-16-6-8-17)9-3-2-4-10(14)11(9)15/h2-4,12,16H,5-8H2,1H3. The van der Waals surface area contributed by atoms with E-state index in [1.165, 1.54) is 13.2 Å². The lowest BCUT2D eigenvalue weighted by molar-refractivity contribution is -0.147. The Bertz CT molecular complexity index is 464. The highest BCUT2D eigenvalue weighted by Crippen LogP contribution is 2.28. The van der Waals surface area contributed by atoms with E-state index in [1.54, 1.807) is 12.1 Å². The predicted octanol–water partition coefficient (Wildman–Crippen LogP) is 1.60. The lowest BCUT2D eigenvalue weighted by Gasteiger charge is -2.33. The Morgan fingerprint density at radius 2 is 2.16 bits per heavy atom. The second-order valence-corrected chi connectivity index (χ2v) is 4.76. The van der Waals surface area contributed by atoms with Crippen molar-refractivity contribution in [2.75, 3.05) is 33.3 Å². The molecule has 1 aromatic carbocycles. The SMILES string of the molecule is COC(=O)C(c1cccc(Cl)c1F)N1CCNCC1. The molecule has 0 bridgehead atoms. The lowest BCUT2D eigenvalue weighted by Crippen LogP contribution is -2.47. The van der Waals surface area contributed by atoms with Gasteiger partial charge in [0.1, 0.15) is 11.9 Å². The normalized spacial score (nSPS) is 18.1. The van der Waals surface area contributed by atoms with Gasteiger partial charge in [0.25, 0.3) is 0 Å². The van der Waals surface area contributed by atoms with Gasteiger partial charge in [-0.1, -0.05) is 23.7 Å². The molecule has 0 aliphatic carbocycles. The van der Waals surface area contributed by atoms with E-state index in [1.807, 2.05) is 4.90 Å². The van der Waals surface area contributed by atoms with Gasteiger partial charge in [-0.05, 0) is 6.07 Å². The van der Waals surface area contributed by atoms with E-state index >= 15 is 0 Å². The average molecular weight is 287 g/mol. The molecule has 0 radical (unpaired) electrons. The van der Waals surface area contributed by atoms with Crippen molar-refractivity contribution in [2.24, 2.45) is 0 Å². The highest BCUT2D eigenvalue weighted by atomic mass is 35.5. The molecule has 1 N–H and O–H groups in total.